The molecule has 21 heavy (non-hydrogen) atoms. The van der Waals surface area contributed by atoms with Gasteiger partial charge in [0.05, 0.1) is 18.6 Å². The standard InChI is InChI=1S/C17H18O4/c1-20-16(18)12-8-6-11(7-9-12)15-10-13-4-2-3-5-14(13)17(19)21-15/h2,4,6-9,13-15H,3,5,10H2,1H3/t13-,14-,15-/m1/s1. The van der Waals surface area contributed by atoms with Crippen molar-refractivity contribution in [3.8, 4) is 0 Å². The predicted octanol–water partition coefficient (Wildman–Crippen LogP) is 3.04. The zero-order valence-electron chi connectivity index (χ0n) is 12.0. The summed E-state index contributed by atoms with van der Waals surface area (Å²) in [6.45, 7) is 0. The lowest BCUT2D eigenvalue weighted by Crippen LogP contribution is -2.34. The van der Waals surface area contributed by atoms with Crippen molar-refractivity contribution >= 4 is 11.9 Å². The third-order valence-electron chi connectivity index (χ3n) is 4.30. The molecule has 1 fully saturated rings. The number of cyclic esters (lactones) is 1. The molecule has 0 amide bonds. The van der Waals surface area contributed by atoms with E-state index in [1.807, 2.05) is 12.1 Å². The molecule has 1 aliphatic heterocycles. The third kappa shape index (κ3) is 2.71. The minimum absolute atomic E-state index is 0.0144. The van der Waals surface area contributed by atoms with Gasteiger partial charge in [-0.25, -0.2) is 4.79 Å². The molecule has 2 aliphatic rings. The average molecular weight is 286 g/mol. The van der Waals surface area contributed by atoms with Crippen molar-refractivity contribution in [2.45, 2.75) is 25.4 Å². The molecule has 0 N–H and O–H groups in total. The van der Waals surface area contributed by atoms with E-state index in [1.165, 1.54) is 7.11 Å². The van der Waals surface area contributed by atoms with Crippen LogP contribution in [0.3, 0.4) is 0 Å². The van der Waals surface area contributed by atoms with Crippen molar-refractivity contribution in [1.29, 1.82) is 0 Å². The Morgan fingerprint density at radius 2 is 2.05 bits per heavy atom. The normalized spacial score (nSPS) is 27.7. The summed E-state index contributed by atoms with van der Waals surface area (Å²) >= 11 is 0. The number of hydrogen-bond donors (Lipinski definition) is 0. The highest BCUT2D eigenvalue weighted by Gasteiger charge is 2.38. The van der Waals surface area contributed by atoms with Gasteiger partial charge >= 0.3 is 11.9 Å². The molecular weight excluding hydrogens is 268 g/mol. The number of allylic oxidation sites excluding steroid dienone is 2. The van der Waals surface area contributed by atoms with E-state index in [0.29, 0.717) is 5.56 Å². The third-order valence-corrected chi connectivity index (χ3v) is 4.30. The van der Waals surface area contributed by atoms with Crippen LogP contribution < -0.4 is 0 Å². The maximum absolute atomic E-state index is 12.1. The first kappa shape index (κ1) is 13.9. The molecule has 3 rings (SSSR count). The van der Waals surface area contributed by atoms with E-state index in [4.69, 9.17) is 4.74 Å². The fraction of sp³-hybridized carbons (Fsp3) is 0.412. The summed E-state index contributed by atoms with van der Waals surface area (Å²) in [5.74, 6) is -0.180. The highest BCUT2D eigenvalue weighted by Crippen LogP contribution is 2.40. The lowest BCUT2D eigenvalue weighted by Gasteiger charge is -2.35. The lowest BCUT2D eigenvalue weighted by atomic mass is 9.78. The number of carbonyl (C=O) groups is 2. The van der Waals surface area contributed by atoms with E-state index in [9.17, 15) is 9.59 Å². The molecule has 0 aromatic heterocycles. The van der Waals surface area contributed by atoms with E-state index < -0.39 is 0 Å². The van der Waals surface area contributed by atoms with E-state index in [2.05, 4.69) is 16.9 Å². The second-order valence-electron chi connectivity index (χ2n) is 5.55. The van der Waals surface area contributed by atoms with Crippen molar-refractivity contribution in [1.82, 2.24) is 0 Å². The van der Waals surface area contributed by atoms with Gasteiger partial charge in [0.25, 0.3) is 0 Å². The number of esters is 2. The molecule has 4 nitrogen and oxygen atoms in total. The second kappa shape index (κ2) is 5.72. The molecule has 0 bridgehead atoms. The molecule has 1 aliphatic carbocycles. The van der Waals surface area contributed by atoms with Gasteiger partial charge in [0.15, 0.2) is 0 Å². The number of carbonyl (C=O) groups excluding carboxylic acids is 2. The first-order valence-electron chi connectivity index (χ1n) is 7.24. The SMILES string of the molecule is COC(=O)c1ccc([C@H]2C[C@H]3C=CCC[C@H]3C(=O)O2)cc1. The Bertz CT molecular complexity index is 573. The molecule has 4 heteroatoms. The summed E-state index contributed by atoms with van der Waals surface area (Å²) < 4.78 is 10.3. The molecule has 110 valence electrons. The van der Waals surface area contributed by atoms with Gasteiger partial charge < -0.3 is 9.47 Å². The van der Waals surface area contributed by atoms with Crippen LogP contribution in [-0.4, -0.2) is 19.0 Å². The van der Waals surface area contributed by atoms with Crippen molar-refractivity contribution in [3.05, 3.63) is 47.5 Å². The predicted molar refractivity (Wildman–Crippen MR) is 76.6 cm³/mol. The van der Waals surface area contributed by atoms with Crippen LogP contribution in [0.5, 0.6) is 0 Å². The molecular formula is C17H18O4. The molecule has 1 saturated heterocycles. The minimum atomic E-state index is -0.363. The lowest BCUT2D eigenvalue weighted by molar-refractivity contribution is -0.164. The van der Waals surface area contributed by atoms with E-state index in [0.717, 1.165) is 24.8 Å². The molecule has 1 aromatic carbocycles. The van der Waals surface area contributed by atoms with Gasteiger partial charge in [-0.05, 0) is 42.9 Å². The zero-order chi connectivity index (χ0) is 14.8. The fourth-order valence-corrected chi connectivity index (χ4v) is 3.11. The average Bonchev–Trinajstić information content (AvgIpc) is 2.54. The monoisotopic (exact) mass is 286 g/mol. The van der Waals surface area contributed by atoms with Crippen LogP contribution >= 0.6 is 0 Å². The largest absolute Gasteiger partial charge is 0.465 e. The Morgan fingerprint density at radius 1 is 1.29 bits per heavy atom. The van der Waals surface area contributed by atoms with Crippen LogP contribution in [-0.2, 0) is 14.3 Å². The molecule has 1 heterocycles. The summed E-state index contributed by atoms with van der Waals surface area (Å²) in [5.41, 5.74) is 1.42. The maximum atomic E-state index is 12.1. The number of fused-ring (bicyclic) bond motifs is 1. The van der Waals surface area contributed by atoms with Crippen molar-refractivity contribution < 1.29 is 19.1 Å². The molecule has 0 spiro atoms. The number of methoxy groups -OCH3 is 1. The van der Waals surface area contributed by atoms with E-state index in [-0.39, 0.29) is 29.9 Å². The highest BCUT2D eigenvalue weighted by atomic mass is 16.5. The maximum Gasteiger partial charge on any atom is 0.337 e. The van der Waals surface area contributed by atoms with Gasteiger partial charge in [0.2, 0.25) is 0 Å². The number of hydrogen-bond acceptors (Lipinski definition) is 4. The van der Waals surface area contributed by atoms with Crippen LogP contribution in [0.2, 0.25) is 0 Å². The number of benzene rings is 1. The van der Waals surface area contributed by atoms with E-state index in [1.54, 1.807) is 12.1 Å². The Labute approximate surface area is 123 Å². The number of rotatable bonds is 2. The number of ether oxygens (including phenoxy) is 2. The molecule has 3 atom stereocenters. The summed E-state index contributed by atoms with van der Waals surface area (Å²) in [6, 6.07) is 7.07. The summed E-state index contributed by atoms with van der Waals surface area (Å²) in [4.78, 5) is 23.5. The topological polar surface area (TPSA) is 52.6 Å². The van der Waals surface area contributed by atoms with Gasteiger partial charge in [0, 0.05) is 0 Å². The van der Waals surface area contributed by atoms with Gasteiger partial charge in [-0.3, -0.25) is 4.79 Å². The van der Waals surface area contributed by atoms with Crippen molar-refractivity contribution in [2.75, 3.05) is 7.11 Å². The van der Waals surface area contributed by atoms with Crippen molar-refractivity contribution in [2.24, 2.45) is 11.8 Å². The summed E-state index contributed by atoms with van der Waals surface area (Å²) in [6.07, 6.45) is 6.71. The summed E-state index contributed by atoms with van der Waals surface area (Å²) in [5, 5.41) is 0. The Hall–Kier alpha value is -2.10. The van der Waals surface area contributed by atoms with Gasteiger partial charge in [0.1, 0.15) is 6.10 Å². The molecule has 0 saturated carbocycles. The van der Waals surface area contributed by atoms with Crippen LogP contribution in [0.15, 0.2) is 36.4 Å². The molecule has 0 radical (unpaired) electrons. The highest BCUT2D eigenvalue weighted by molar-refractivity contribution is 5.89. The minimum Gasteiger partial charge on any atom is -0.465 e. The smallest absolute Gasteiger partial charge is 0.337 e. The molecule has 0 unspecified atom stereocenters. The van der Waals surface area contributed by atoms with Crippen LogP contribution in [0.1, 0.15) is 41.3 Å². The Balaban J connectivity index is 1.78. The van der Waals surface area contributed by atoms with Gasteiger partial charge in [-0.2, -0.15) is 0 Å². The van der Waals surface area contributed by atoms with Gasteiger partial charge in [-0.15, -0.1) is 0 Å². The zero-order valence-corrected chi connectivity index (χ0v) is 12.0. The van der Waals surface area contributed by atoms with Gasteiger partial charge in [-0.1, -0.05) is 24.3 Å². The quantitative estimate of drug-likeness (QED) is 0.619. The van der Waals surface area contributed by atoms with Crippen molar-refractivity contribution in [3.63, 3.8) is 0 Å². The summed E-state index contributed by atoms with van der Waals surface area (Å²) in [7, 11) is 1.36. The Morgan fingerprint density at radius 3 is 2.76 bits per heavy atom. The van der Waals surface area contributed by atoms with Crippen LogP contribution in [0.4, 0.5) is 0 Å². The first-order valence-corrected chi connectivity index (χ1v) is 7.24. The van der Waals surface area contributed by atoms with E-state index >= 15 is 0 Å². The fourth-order valence-electron chi connectivity index (χ4n) is 3.11. The second-order valence-corrected chi connectivity index (χ2v) is 5.55. The van der Waals surface area contributed by atoms with Crippen LogP contribution in [0, 0.1) is 11.8 Å². The van der Waals surface area contributed by atoms with Crippen LogP contribution in [0.25, 0.3) is 0 Å². The Kier molecular flexibility index (Phi) is 3.78. The first-order chi connectivity index (χ1) is 10.2. The molecule has 1 aromatic rings.